The largest absolute Gasteiger partial charge is 0.336 e. The van der Waals surface area contributed by atoms with E-state index in [9.17, 15) is 4.79 Å². The van der Waals surface area contributed by atoms with Crippen molar-refractivity contribution in [3.8, 4) is 0 Å². The highest BCUT2D eigenvalue weighted by Gasteiger charge is 2.30. The summed E-state index contributed by atoms with van der Waals surface area (Å²) in [5.41, 5.74) is 4.20. The van der Waals surface area contributed by atoms with Crippen molar-refractivity contribution in [3.05, 3.63) is 34.6 Å². The molecule has 1 aliphatic rings. The highest BCUT2D eigenvalue weighted by atomic mass is 32.2. The van der Waals surface area contributed by atoms with Crippen LogP contribution in [0.4, 0.5) is 5.69 Å². The lowest BCUT2D eigenvalue weighted by molar-refractivity contribution is -0.115. The van der Waals surface area contributed by atoms with E-state index in [0.717, 1.165) is 35.5 Å². The van der Waals surface area contributed by atoms with Crippen molar-refractivity contribution in [1.29, 1.82) is 0 Å². The smallest absolute Gasteiger partial charge is 0.237 e. The van der Waals surface area contributed by atoms with Gasteiger partial charge < -0.3 is 11.2 Å². The summed E-state index contributed by atoms with van der Waals surface area (Å²) in [6.45, 7) is 7.91. The van der Waals surface area contributed by atoms with Crippen LogP contribution in [0.25, 0.3) is 0 Å². The third kappa shape index (κ3) is 3.40. The van der Waals surface area contributed by atoms with Gasteiger partial charge in [0, 0.05) is 11.6 Å². The first-order valence-corrected chi connectivity index (χ1v) is 9.00. The van der Waals surface area contributed by atoms with Crippen LogP contribution in [0.3, 0.4) is 0 Å². The van der Waals surface area contributed by atoms with Crippen molar-refractivity contribution in [3.63, 3.8) is 0 Å². The highest BCUT2D eigenvalue weighted by molar-refractivity contribution is 8.00. The minimum atomic E-state index is -0.316. The van der Waals surface area contributed by atoms with Crippen molar-refractivity contribution in [2.24, 2.45) is 0 Å². The van der Waals surface area contributed by atoms with Gasteiger partial charge in [0.2, 0.25) is 11.1 Å². The van der Waals surface area contributed by atoms with E-state index in [-0.39, 0.29) is 11.2 Å². The van der Waals surface area contributed by atoms with Gasteiger partial charge in [-0.15, -0.1) is 10.2 Å². The van der Waals surface area contributed by atoms with E-state index in [1.807, 2.05) is 20.8 Å². The molecule has 0 spiro atoms. The fraction of sp³-hybridized carbons (Fsp3) is 0.471. The summed E-state index contributed by atoms with van der Waals surface area (Å²) in [5, 5.41) is 11.6. The minimum Gasteiger partial charge on any atom is -0.336 e. The number of anilines is 1. The Hall–Kier alpha value is -2.02. The number of aromatic nitrogens is 3. The molecule has 3 N–H and O–H groups in total. The van der Waals surface area contributed by atoms with E-state index in [1.54, 1.807) is 0 Å². The molecular weight excluding hydrogens is 322 g/mol. The molecule has 7 heteroatoms. The Labute approximate surface area is 146 Å². The predicted molar refractivity (Wildman–Crippen MR) is 96.7 cm³/mol. The predicted octanol–water partition coefficient (Wildman–Crippen LogP) is 2.91. The van der Waals surface area contributed by atoms with E-state index >= 15 is 0 Å². The van der Waals surface area contributed by atoms with Crippen LogP contribution in [0.1, 0.15) is 48.2 Å². The number of carbonyl (C=O) groups excluding carboxylic acids is 1. The normalized spacial score (nSPS) is 15.3. The molecule has 0 unspecified atom stereocenters. The zero-order chi connectivity index (χ0) is 17.4. The van der Waals surface area contributed by atoms with E-state index in [2.05, 4.69) is 34.6 Å². The second kappa shape index (κ2) is 6.47. The van der Waals surface area contributed by atoms with E-state index in [0.29, 0.717) is 11.1 Å². The van der Waals surface area contributed by atoms with Gasteiger partial charge >= 0.3 is 0 Å². The third-order valence-electron chi connectivity index (χ3n) is 4.21. The first-order chi connectivity index (χ1) is 11.4. The maximum absolute atomic E-state index is 12.5. The van der Waals surface area contributed by atoms with Gasteiger partial charge in [-0.3, -0.25) is 4.79 Å². The number of amides is 1. The molecule has 2 aromatic rings. The topological polar surface area (TPSA) is 85.8 Å². The fourth-order valence-electron chi connectivity index (χ4n) is 2.80. The number of aryl methyl sites for hydroxylation is 3. The van der Waals surface area contributed by atoms with Gasteiger partial charge in [0.25, 0.3) is 0 Å². The SMILES string of the molecule is Cc1cc(C)c(NC(=O)[C@H](C)Sc2nnc(C3CC3)n2N)c(C)c1. The molecule has 128 valence electrons. The van der Waals surface area contributed by atoms with Crippen LogP contribution in [0.15, 0.2) is 17.3 Å². The molecule has 1 heterocycles. The summed E-state index contributed by atoms with van der Waals surface area (Å²) in [7, 11) is 0. The van der Waals surface area contributed by atoms with Gasteiger partial charge in [0.05, 0.1) is 5.25 Å². The molecule has 0 aliphatic heterocycles. The summed E-state index contributed by atoms with van der Waals surface area (Å²) < 4.78 is 1.52. The van der Waals surface area contributed by atoms with Crippen LogP contribution in [0.5, 0.6) is 0 Å². The van der Waals surface area contributed by atoms with Crippen LogP contribution in [0.2, 0.25) is 0 Å². The first-order valence-electron chi connectivity index (χ1n) is 8.12. The standard InChI is InChI=1S/C17H23N5OS/c1-9-7-10(2)14(11(3)8-9)19-16(23)12(4)24-17-21-20-15(22(17)18)13-5-6-13/h7-8,12-13H,5-6,18H2,1-4H3,(H,19,23)/t12-/m0/s1. The Morgan fingerprint density at radius 1 is 1.29 bits per heavy atom. The molecular formula is C17H23N5OS. The molecule has 24 heavy (non-hydrogen) atoms. The van der Waals surface area contributed by atoms with Gasteiger partial charge in [0.15, 0.2) is 5.82 Å². The minimum absolute atomic E-state index is 0.0639. The van der Waals surface area contributed by atoms with Gasteiger partial charge in [-0.2, -0.15) is 0 Å². The third-order valence-corrected chi connectivity index (χ3v) is 5.27. The van der Waals surface area contributed by atoms with Crippen LogP contribution >= 0.6 is 11.8 Å². The number of rotatable bonds is 5. The van der Waals surface area contributed by atoms with Crippen molar-refractivity contribution in [2.45, 2.75) is 56.9 Å². The Morgan fingerprint density at radius 2 is 1.92 bits per heavy atom. The number of carbonyl (C=O) groups is 1. The second-order valence-electron chi connectivity index (χ2n) is 6.51. The summed E-state index contributed by atoms with van der Waals surface area (Å²) in [6.07, 6.45) is 2.23. The zero-order valence-corrected chi connectivity index (χ0v) is 15.3. The number of nitrogens with one attached hydrogen (secondary N) is 1. The Kier molecular flexibility index (Phi) is 4.54. The molecule has 6 nitrogen and oxygen atoms in total. The lowest BCUT2D eigenvalue weighted by atomic mass is 10.1. The number of thioether (sulfide) groups is 1. The van der Waals surface area contributed by atoms with Crippen LogP contribution in [-0.4, -0.2) is 26.0 Å². The molecule has 1 aromatic carbocycles. The Balaban J connectivity index is 1.69. The quantitative estimate of drug-likeness (QED) is 0.643. The zero-order valence-electron chi connectivity index (χ0n) is 14.5. The van der Waals surface area contributed by atoms with E-state index < -0.39 is 0 Å². The number of benzene rings is 1. The van der Waals surface area contributed by atoms with Gasteiger partial charge in [0.1, 0.15) is 0 Å². The van der Waals surface area contributed by atoms with Gasteiger partial charge in [-0.05, 0) is 51.7 Å². The van der Waals surface area contributed by atoms with Crippen LogP contribution in [0, 0.1) is 20.8 Å². The Bertz CT molecular complexity index is 758. The second-order valence-corrected chi connectivity index (χ2v) is 7.82. The first kappa shape index (κ1) is 16.8. The van der Waals surface area contributed by atoms with E-state index in [1.165, 1.54) is 22.0 Å². The van der Waals surface area contributed by atoms with Crippen molar-refractivity contribution < 1.29 is 4.79 Å². The van der Waals surface area contributed by atoms with Crippen LogP contribution < -0.4 is 11.2 Å². The highest BCUT2D eigenvalue weighted by Crippen LogP contribution is 2.39. The monoisotopic (exact) mass is 345 g/mol. The average Bonchev–Trinajstić information content (AvgIpc) is 3.28. The molecule has 0 radical (unpaired) electrons. The fourth-order valence-corrected chi connectivity index (χ4v) is 3.58. The molecule has 0 saturated heterocycles. The molecule has 0 bridgehead atoms. The average molecular weight is 345 g/mol. The summed E-state index contributed by atoms with van der Waals surface area (Å²) >= 11 is 1.33. The number of nitrogens with zero attached hydrogens (tertiary/aromatic N) is 3. The number of nitrogens with two attached hydrogens (primary N) is 1. The molecule has 1 aromatic heterocycles. The molecule has 3 rings (SSSR count). The molecule has 1 amide bonds. The van der Waals surface area contributed by atoms with Crippen molar-refractivity contribution >= 4 is 23.4 Å². The maximum Gasteiger partial charge on any atom is 0.237 e. The van der Waals surface area contributed by atoms with Crippen molar-refractivity contribution in [1.82, 2.24) is 14.9 Å². The summed E-state index contributed by atoms with van der Waals surface area (Å²) in [5.74, 6) is 7.23. The molecule has 1 saturated carbocycles. The Morgan fingerprint density at radius 3 is 2.50 bits per heavy atom. The number of hydrogen-bond donors (Lipinski definition) is 2. The van der Waals surface area contributed by atoms with Gasteiger partial charge in [-0.25, -0.2) is 4.68 Å². The maximum atomic E-state index is 12.5. The molecule has 1 fully saturated rings. The van der Waals surface area contributed by atoms with E-state index in [4.69, 9.17) is 5.84 Å². The van der Waals surface area contributed by atoms with Crippen molar-refractivity contribution in [2.75, 3.05) is 11.2 Å². The number of hydrogen-bond acceptors (Lipinski definition) is 5. The summed E-state index contributed by atoms with van der Waals surface area (Å²) in [6, 6.07) is 4.14. The number of nitrogen functional groups attached to an aromatic ring is 1. The lowest BCUT2D eigenvalue weighted by Gasteiger charge is -2.16. The molecule has 1 atom stereocenters. The lowest BCUT2D eigenvalue weighted by Crippen LogP contribution is -2.24. The molecule has 1 aliphatic carbocycles. The summed E-state index contributed by atoms with van der Waals surface area (Å²) in [4.78, 5) is 12.5. The van der Waals surface area contributed by atoms with Gasteiger partial charge in [-0.1, -0.05) is 29.5 Å². The van der Waals surface area contributed by atoms with Crippen LogP contribution in [-0.2, 0) is 4.79 Å².